The fourth-order valence-corrected chi connectivity index (χ4v) is 4.49. The summed E-state index contributed by atoms with van der Waals surface area (Å²) in [6, 6.07) is 7.86. The maximum Gasteiger partial charge on any atom is 0.224 e. The molecule has 8 nitrogen and oxygen atoms in total. The van der Waals surface area contributed by atoms with Crippen molar-refractivity contribution < 1.29 is 14.3 Å². The molecule has 1 aromatic carbocycles. The van der Waals surface area contributed by atoms with Crippen molar-refractivity contribution in [1.82, 2.24) is 24.6 Å². The third kappa shape index (κ3) is 4.17. The Morgan fingerprint density at radius 1 is 1.17 bits per heavy atom. The lowest BCUT2D eigenvalue weighted by atomic mass is 9.91. The summed E-state index contributed by atoms with van der Waals surface area (Å²) >= 11 is 0. The quantitative estimate of drug-likeness (QED) is 0.773. The molecule has 2 aliphatic rings. The Hall–Kier alpha value is -2.90. The molecule has 1 spiro atoms. The molecule has 0 aliphatic carbocycles. The highest BCUT2D eigenvalue weighted by Gasteiger charge is 2.43. The molecule has 4 rings (SSSR count). The average molecular weight is 412 g/mol. The third-order valence-electron chi connectivity index (χ3n) is 5.98. The molecule has 1 fully saturated rings. The largest absolute Gasteiger partial charge is 0.483 e. The van der Waals surface area contributed by atoms with Crippen molar-refractivity contribution in [1.29, 1.82) is 0 Å². The van der Waals surface area contributed by atoms with Gasteiger partial charge in [0.2, 0.25) is 11.8 Å². The van der Waals surface area contributed by atoms with Crippen LogP contribution in [0.2, 0.25) is 0 Å². The Morgan fingerprint density at radius 3 is 2.67 bits per heavy atom. The number of likely N-dealkylation sites (tertiary alicyclic amines) is 1. The summed E-state index contributed by atoms with van der Waals surface area (Å²) in [5.41, 5.74) is 0.427. The van der Waals surface area contributed by atoms with E-state index in [2.05, 4.69) is 10.1 Å². The van der Waals surface area contributed by atoms with Gasteiger partial charge in [0.1, 0.15) is 23.0 Å². The molecule has 0 saturated carbocycles. The van der Waals surface area contributed by atoms with Crippen molar-refractivity contribution in [2.24, 2.45) is 0 Å². The van der Waals surface area contributed by atoms with E-state index in [4.69, 9.17) is 4.74 Å². The van der Waals surface area contributed by atoms with Crippen LogP contribution >= 0.6 is 0 Å². The van der Waals surface area contributed by atoms with E-state index < -0.39 is 5.60 Å². The fraction of sp³-hybridized carbons (Fsp3) is 0.545. The van der Waals surface area contributed by atoms with Crippen molar-refractivity contribution in [3.8, 4) is 5.75 Å². The number of rotatable bonds is 3. The van der Waals surface area contributed by atoms with E-state index in [1.54, 1.807) is 11.6 Å². The monoisotopic (exact) mass is 411 g/mol. The first kappa shape index (κ1) is 20.4. The fourth-order valence-electron chi connectivity index (χ4n) is 4.49. The molecule has 8 heteroatoms. The minimum atomic E-state index is -0.577. The SMILES string of the molecule is CC(=O)N1Cc2ccccc2OC2(CCCN(C(=O)CCn3nc(C)nc3C)C2)C1. The number of aromatic nitrogens is 3. The van der Waals surface area contributed by atoms with Gasteiger partial charge in [-0.05, 0) is 32.8 Å². The number of hydrogen-bond acceptors (Lipinski definition) is 5. The summed E-state index contributed by atoms with van der Waals surface area (Å²) in [5.74, 6) is 2.44. The standard InChI is InChI=1S/C22H29N5O3/c1-16-23-17(2)27(24-16)12-9-21(29)25-11-6-10-22(14-25)15-26(18(3)28)13-19-7-4-5-8-20(19)30-22/h4-5,7-8H,6,9-15H2,1-3H3. The number of fused-ring (bicyclic) bond motifs is 1. The number of nitrogens with zero attached hydrogens (tertiary/aromatic N) is 5. The zero-order chi connectivity index (χ0) is 21.3. The number of para-hydroxylation sites is 1. The lowest BCUT2D eigenvalue weighted by Gasteiger charge is -2.43. The van der Waals surface area contributed by atoms with Crippen LogP contribution in [0.3, 0.4) is 0 Å². The van der Waals surface area contributed by atoms with E-state index in [1.165, 1.54) is 0 Å². The number of aryl methyl sites for hydroxylation is 3. The first-order chi connectivity index (χ1) is 14.3. The van der Waals surface area contributed by atoms with Crippen molar-refractivity contribution in [3.05, 3.63) is 41.5 Å². The molecule has 1 unspecified atom stereocenters. The first-order valence-electron chi connectivity index (χ1n) is 10.5. The molecule has 1 aromatic heterocycles. The van der Waals surface area contributed by atoms with E-state index in [0.717, 1.165) is 30.0 Å². The molecule has 2 aliphatic heterocycles. The molecule has 1 saturated heterocycles. The molecular weight excluding hydrogens is 382 g/mol. The number of benzene rings is 1. The normalized spacial score (nSPS) is 21.2. The highest BCUT2D eigenvalue weighted by Crippen LogP contribution is 2.35. The number of piperidine rings is 1. The van der Waals surface area contributed by atoms with Gasteiger partial charge in [-0.3, -0.25) is 9.59 Å². The van der Waals surface area contributed by atoms with Gasteiger partial charge in [0.05, 0.1) is 19.6 Å². The van der Waals surface area contributed by atoms with E-state index >= 15 is 0 Å². The van der Waals surface area contributed by atoms with Crippen molar-refractivity contribution >= 4 is 11.8 Å². The zero-order valence-corrected chi connectivity index (χ0v) is 17.9. The van der Waals surface area contributed by atoms with Crippen molar-refractivity contribution in [2.75, 3.05) is 19.6 Å². The van der Waals surface area contributed by atoms with Gasteiger partial charge < -0.3 is 14.5 Å². The van der Waals surface area contributed by atoms with E-state index in [-0.39, 0.29) is 11.8 Å². The predicted molar refractivity (Wildman–Crippen MR) is 111 cm³/mol. The molecule has 2 aromatic rings. The number of hydrogen-bond donors (Lipinski definition) is 0. The van der Waals surface area contributed by atoms with E-state index in [0.29, 0.717) is 45.0 Å². The molecule has 0 N–H and O–H groups in total. The lowest BCUT2D eigenvalue weighted by molar-refractivity contribution is -0.140. The van der Waals surface area contributed by atoms with Gasteiger partial charge in [0, 0.05) is 32.0 Å². The summed E-state index contributed by atoms with van der Waals surface area (Å²) in [6.07, 6.45) is 2.03. The van der Waals surface area contributed by atoms with Crippen LogP contribution < -0.4 is 4.74 Å². The summed E-state index contributed by atoms with van der Waals surface area (Å²) in [7, 11) is 0. The van der Waals surface area contributed by atoms with Crippen LogP contribution in [-0.4, -0.2) is 61.6 Å². The molecule has 1 atom stereocenters. The van der Waals surface area contributed by atoms with E-state index in [9.17, 15) is 9.59 Å². The number of carbonyl (C=O) groups excluding carboxylic acids is 2. The van der Waals surface area contributed by atoms with Crippen LogP contribution in [0.15, 0.2) is 24.3 Å². The Labute approximate surface area is 176 Å². The molecule has 160 valence electrons. The van der Waals surface area contributed by atoms with Crippen LogP contribution in [-0.2, 0) is 22.7 Å². The highest BCUT2D eigenvalue weighted by atomic mass is 16.5. The second-order valence-electron chi connectivity index (χ2n) is 8.37. The minimum Gasteiger partial charge on any atom is -0.483 e. The number of ether oxygens (including phenoxy) is 1. The van der Waals surface area contributed by atoms with Gasteiger partial charge in [0.25, 0.3) is 0 Å². The molecule has 0 bridgehead atoms. The molecule has 2 amide bonds. The predicted octanol–water partition coefficient (Wildman–Crippen LogP) is 2.09. The molecule has 3 heterocycles. The first-order valence-corrected chi connectivity index (χ1v) is 10.5. The second kappa shape index (κ2) is 8.08. The maximum absolute atomic E-state index is 13.0. The van der Waals surface area contributed by atoms with Gasteiger partial charge in [-0.15, -0.1) is 0 Å². The number of carbonyl (C=O) groups is 2. The summed E-state index contributed by atoms with van der Waals surface area (Å²) in [4.78, 5) is 33.3. The Bertz CT molecular complexity index is 956. The Kier molecular flexibility index (Phi) is 5.49. The Balaban J connectivity index is 1.50. The van der Waals surface area contributed by atoms with Crippen LogP contribution in [0.5, 0.6) is 5.75 Å². The number of amides is 2. The zero-order valence-electron chi connectivity index (χ0n) is 17.9. The van der Waals surface area contributed by atoms with Gasteiger partial charge >= 0.3 is 0 Å². The summed E-state index contributed by atoms with van der Waals surface area (Å²) < 4.78 is 8.30. The van der Waals surface area contributed by atoms with Crippen LogP contribution in [0.1, 0.15) is 43.4 Å². The Morgan fingerprint density at radius 2 is 1.93 bits per heavy atom. The maximum atomic E-state index is 13.0. The van der Waals surface area contributed by atoms with Crippen LogP contribution in [0, 0.1) is 13.8 Å². The minimum absolute atomic E-state index is 0.0233. The topological polar surface area (TPSA) is 80.6 Å². The van der Waals surface area contributed by atoms with E-state index in [1.807, 2.05) is 47.9 Å². The average Bonchev–Trinajstić information content (AvgIpc) is 2.94. The lowest BCUT2D eigenvalue weighted by Crippen LogP contribution is -2.58. The second-order valence-corrected chi connectivity index (χ2v) is 8.37. The summed E-state index contributed by atoms with van der Waals surface area (Å²) in [5, 5.41) is 4.34. The van der Waals surface area contributed by atoms with Gasteiger partial charge in [-0.1, -0.05) is 18.2 Å². The molecule has 30 heavy (non-hydrogen) atoms. The summed E-state index contributed by atoms with van der Waals surface area (Å²) in [6.45, 7) is 8.07. The van der Waals surface area contributed by atoms with Gasteiger partial charge in [-0.25, -0.2) is 9.67 Å². The van der Waals surface area contributed by atoms with Crippen LogP contribution in [0.25, 0.3) is 0 Å². The van der Waals surface area contributed by atoms with Crippen molar-refractivity contribution in [2.45, 2.75) is 58.7 Å². The van der Waals surface area contributed by atoms with Crippen molar-refractivity contribution in [3.63, 3.8) is 0 Å². The van der Waals surface area contributed by atoms with Crippen LogP contribution in [0.4, 0.5) is 0 Å². The van der Waals surface area contributed by atoms with Gasteiger partial charge in [0.15, 0.2) is 0 Å². The highest BCUT2D eigenvalue weighted by molar-refractivity contribution is 5.76. The molecular formula is C22H29N5O3. The molecule has 0 radical (unpaired) electrons. The smallest absolute Gasteiger partial charge is 0.224 e. The van der Waals surface area contributed by atoms with Gasteiger partial charge in [-0.2, -0.15) is 5.10 Å². The third-order valence-corrected chi connectivity index (χ3v) is 5.98.